The number of nitrogens with one attached hydrogen (secondary N) is 8. The van der Waals surface area contributed by atoms with Crippen molar-refractivity contribution in [3.05, 3.63) is 65.7 Å². The Bertz CT molecular complexity index is 3140. The number of fused-ring (bicyclic) bond motifs is 2. The summed E-state index contributed by atoms with van der Waals surface area (Å²) in [5.74, 6) is -11.5. The molecule has 9 amide bonds. The highest BCUT2D eigenvalue weighted by Gasteiger charge is 2.49. The fraction of sp³-hybridized carbons (Fsp3) is 0.693. The summed E-state index contributed by atoms with van der Waals surface area (Å²) in [6.45, 7) is 9.67. The predicted octanol–water partition coefficient (Wildman–Crippen LogP) is 0.153. The van der Waals surface area contributed by atoms with E-state index in [1.165, 1.54) is 36.0 Å². The van der Waals surface area contributed by atoms with Crippen molar-refractivity contribution in [1.82, 2.24) is 52.3 Å². The van der Waals surface area contributed by atoms with E-state index in [1.807, 2.05) is 20.1 Å². The summed E-state index contributed by atoms with van der Waals surface area (Å²) in [6, 6.07) is 2.62. The van der Waals surface area contributed by atoms with Crippen molar-refractivity contribution in [3.63, 3.8) is 0 Å². The molecule has 106 heavy (non-hydrogen) atoms. The number of unbranched alkanes of at least 4 members (excludes halogenated alkanes) is 5. The molecule has 18 N–H and O–H groups in total. The maximum atomic E-state index is 15.1. The number of nitrogens with zero attached hydrogens (tertiary/aromatic N) is 2. The Kier molecular flexibility index (Phi) is 38.4. The van der Waals surface area contributed by atoms with Gasteiger partial charge in [-0.3, -0.25) is 58.1 Å². The number of phenols is 1. The molecule has 0 unspecified atom stereocenters. The lowest BCUT2D eigenvalue weighted by molar-refractivity contribution is -0.149. The Morgan fingerprint density at radius 3 is 1.98 bits per heavy atom. The van der Waals surface area contributed by atoms with E-state index in [0.29, 0.717) is 42.4 Å². The topological polar surface area (TPSA) is 478 Å². The minimum absolute atomic E-state index is 0.00197. The third-order valence-electron chi connectivity index (χ3n) is 20.2. The molecule has 2 aromatic carbocycles. The van der Waals surface area contributed by atoms with Crippen molar-refractivity contribution in [2.75, 3.05) is 44.7 Å². The number of phenolic OH excluding ortho intramolecular Hbond substituents is 1. The van der Waals surface area contributed by atoms with Crippen LogP contribution in [-0.4, -0.2) is 246 Å². The van der Waals surface area contributed by atoms with Gasteiger partial charge in [0.05, 0.1) is 48.6 Å². The standard InChI is InChI=1S/C75H119N11O19S/c1-8-44(4)35-45(5)18-14-11-9-10-12-17-21-51(90)37-49-38-61(95)67(77-30-31-78-70(100)56(36-47-19-15-13-16-20-47)81-72(102)55(34-43(2)3)80-71(101)54(79-42-87)28-33-106-7)84-73(103)64-59(93)27-32-85(64)75(105)63(58(92)26-29-76)83-69(99)53(66(97)65(96)48-22-24-50(89)25-23-48)40-60(94)57-39-52(91)41-86(57)74(104)62(46(6)88)82-68(49)98/h13,15-16,19-20,22-25,42-46,49,52-59,61-67,77,88-89,91-93,95-97H,8-12,14,17-18,21,26-41,76H2,1-7H3,(H,78,100)(H,79,87)(H,80,101)(H,81,102)(H,82,98)(H,83,99)(H,84,103)/t44-,45+,46+,49-,52+,53-,54-,55-,56-,57-,58+,59-,61+,62-,63-,64-,65-,66-,67-/m0/s1. The lowest BCUT2D eigenvalue weighted by Gasteiger charge is -2.34. The van der Waals surface area contributed by atoms with Crippen LogP contribution in [-0.2, 0) is 59.2 Å². The highest BCUT2D eigenvalue weighted by molar-refractivity contribution is 7.98. The zero-order valence-corrected chi connectivity index (χ0v) is 63.3. The molecular weight excluding hydrogens is 1390 g/mol. The van der Waals surface area contributed by atoms with Gasteiger partial charge in [-0.15, -0.1) is 0 Å². The first-order chi connectivity index (χ1) is 50.4. The van der Waals surface area contributed by atoms with E-state index in [4.69, 9.17) is 5.73 Å². The second-order valence-corrected chi connectivity index (χ2v) is 30.4. The van der Waals surface area contributed by atoms with Crippen LogP contribution in [0.15, 0.2) is 54.6 Å². The SMILES string of the molecule is CC[C@H](C)C[C@H](C)CCCCCCCCC(=O)C[C@H]1C[C@@H](O)[C@@H](NCCNC(=O)[C@H](Cc2ccccc2)NC(=O)[C@H](CC(C)C)NC(=O)[C@H](CCSC)NC=O)NC(=O)[C@@H]2[C@@H](O)CCN2C(=O)[C@H]([C@H](O)CCN)NC(=O)[C@H]([C@H](O)[C@@H](O)c2ccc(O)cc2)CC(=O)[C@@H]2C[C@@H](O)CN2C(=O)[C@H]([C@@H](C)O)NC1=O. The van der Waals surface area contributed by atoms with Gasteiger partial charge >= 0.3 is 0 Å². The fourth-order valence-electron chi connectivity index (χ4n) is 14.0. The van der Waals surface area contributed by atoms with E-state index in [1.54, 1.807) is 30.3 Å². The van der Waals surface area contributed by atoms with E-state index in [-0.39, 0.29) is 75.4 Å². The van der Waals surface area contributed by atoms with Crippen molar-refractivity contribution >= 4 is 77.0 Å². The number of nitrogens with two attached hydrogens (primary N) is 1. The molecule has 594 valence electrons. The third-order valence-corrected chi connectivity index (χ3v) is 20.9. The van der Waals surface area contributed by atoms with Crippen molar-refractivity contribution < 1.29 is 93.6 Å². The van der Waals surface area contributed by atoms with Gasteiger partial charge in [0.1, 0.15) is 60.1 Å². The number of benzene rings is 2. The first kappa shape index (κ1) is 89.4. The molecule has 3 heterocycles. The quantitative estimate of drug-likeness (QED) is 0.0313. The summed E-state index contributed by atoms with van der Waals surface area (Å²) in [4.78, 5) is 159. The maximum absolute atomic E-state index is 15.1. The van der Waals surface area contributed by atoms with Crippen LogP contribution in [0.3, 0.4) is 0 Å². The van der Waals surface area contributed by atoms with E-state index in [0.717, 1.165) is 61.7 Å². The predicted molar refractivity (Wildman–Crippen MR) is 396 cm³/mol. The number of aliphatic hydroxyl groups excluding tert-OH is 7. The molecule has 3 saturated heterocycles. The molecule has 0 spiro atoms. The van der Waals surface area contributed by atoms with Gasteiger partial charge in [0.15, 0.2) is 5.78 Å². The molecule has 0 radical (unpaired) electrons. The summed E-state index contributed by atoms with van der Waals surface area (Å²) in [5, 5.41) is 113. The summed E-state index contributed by atoms with van der Waals surface area (Å²) in [5.41, 5.74) is 6.45. The number of thioether (sulfide) groups is 1. The monoisotopic (exact) mass is 1510 g/mol. The molecule has 0 saturated carbocycles. The van der Waals surface area contributed by atoms with E-state index < -0.39 is 201 Å². The summed E-state index contributed by atoms with van der Waals surface area (Å²) < 4.78 is 0. The Morgan fingerprint density at radius 1 is 0.698 bits per heavy atom. The van der Waals surface area contributed by atoms with Crippen molar-refractivity contribution in [3.8, 4) is 5.75 Å². The average Bonchev–Trinajstić information content (AvgIpc) is 1.59. The van der Waals surface area contributed by atoms with E-state index in [2.05, 4.69) is 63.3 Å². The number of hydrogen-bond acceptors (Lipinski definition) is 22. The van der Waals surface area contributed by atoms with Gasteiger partial charge in [0, 0.05) is 64.2 Å². The van der Waals surface area contributed by atoms with E-state index in [9.17, 15) is 79.2 Å². The molecule has 3 aliphatic rings. The van der Waals surface area contributed by atoms with Crippen LogP contribution in [0.4, 0.5) is 0 Å². The number of aliphatic hydroxyl groups is 7. The molecule has 5 rings (SSSR count). The maximum Gasteiger partial charge on any atom is 0.248 e. The first-order valence-corrected chi connectivity index (χ1v) is 39.0. The first-order valence-electron chi connectivity index (χ1n) is 37.6. The number of carbonyl (C=O) groups is 11. The van der Waals surface area contributed by atoms with Gasteiger partial charge in [-0.1, -0.05) is 122 Å². The molecular formula is C75H119N11O19S. The molecule has 2 aromatic rings. The van der Waals surface area contributed by atoms with Crippen LogP contribution < -0.4 is 48.3 Å². The number of ketones is 2. The van der Waals surface area contributed by atoms with Gasteiger partial charge in [-0.2, -0.15) is 11.8 Å². The smallest absolute Gasteiger partial charge is 0.248 e. The van der Waals surface area contributed by atoms with Gasteiger partial charge in [-0.05, 0) is 111 Å². The van der Waals surface area contributed by atoms with Crippen molar-refractivity contribution in [2.45, 2.75) is 255 Å². The Hall–Kier alpha value is -7.20. The van der Waals surface area contributed by atoms with Crippen molar-refractivity contribution in [1.29, 1.82) is 0 Å². The number of Topliss-reactive ketones (excluding diaryl/α,β-unsaturated/α-hetero) is 2. The van der Waals surface area contributed by atoms with Crippen LogP contribution >= 0.6 is 11.8 Å². The minimum Gasteiger partial charge on any atom is -0.508 e. The summed E-state index contributed by atoms with van der Waals surface area (Å²) in [7, 11) is 0. The second kappa shape index (κ2) is 45.6. The van der Waals surface area contributed by atoms with Crippen molar-refractivity contribution in [2.24, 2.45) is 35.3 Å². The molecule has 3 fully saturated rings. The summed E-state index contributed by atoms with van der Waals surface area (Å²) in [6.07, 6.45) is -6.94. The third kappa shape index (κ3) is 28.1. The number of rotatable bonds is 39. The lowest BCUT2D eigenvalue weighted by Crippen LogP contribution is -2.63. The largest absolute Gasteiger partial charge is 0.508 e. The van der Waals surface area contributed by atoms with Crippen LogP contribution in [0.5, 0.6) is 5.75 Å². The number of aromatic hydroxyl groups is 1. The lowest BCUT2D eigenvalue weighted by atomic mass is 9.86. The van der Waals surface area contributed by atoms with Gasteiger partial charge in [0.2, 0.25) is 53.7 Å². The molecule has 0 aromatic heterocycles. The molecule has 0 aliphatic carbocycles. The zero-order chi connectivity index (χ0) is 78.3. The number of carbonyl (C=O) groups excluding carboxylic acids is 11. The highest BCUT2D eigenvalue weighted by Crippen LogP contribution is 2.31. The normalized spacial score (nSPS) is 24.8. The molecule has 19 atom stereocenters. The molecule has 3 aliphatic heterocycles. The second-order valence-electron chi connectivity index (χ2n) is 29.4. The van der Waals surface area contributed by atoms with Gasteiger partial charge in [0.25, 0.3) is 0 Å². The zero-order valence-electron chi connectivity index (χ0n) is 62.4. The fourth-order valence-corrected chi connectivity index (χ4v) is 14.5. The van der Waals surface area contributed by atoms with Gasteiger partial charge < -0.3 is 93.6 Å². The Labute approximate surface area is 626 Å². The number of hydrogen-bond donors (Lipinski definition) is 17. The van der Waals surface area contributed by atoms with Gasteiger partial charge in [-0.25, -0.2) is 0 Å². The van der Waals surface area contributed by atoms with E-state index >= 15 is 14.4 Å². The molecule has 30 nitrogen and oxygen atoms in total. The van der Waals surface area contributed by atoms with Crippen LogP contribution in [0.25, 0.3) is 0 Å². The van der Waals surface area contributed by atoms with Crippen LogP contribution in [0.1, 0.15) is 174 Å². The molecule has 0 bridgehead atoms. The molecule has 31 heteroatoms. The average molecular weight is 1510 g/mol. The Morgan fingerprint density at radius 2 is 1.34 bits per heavy atom. The van der Waals surface area contributed by atoms with Crippen LogP contribution in [0.2, 0.25) is 0 Å². The minimum atomic E-state index is -2.23. The highest BCUT2D eigenvalue weighted by atomic mass is 32.2. The van der Waals surface area contributed by atoms with Crippen LogP contribution in [0, 0.1) is 29.6 Å². The Balaban J connectivity index is 1.55. The summed E-state index contributed by atoms with van der Waals surface area (Å²) >= 11 is 1.46. The number of amides is 9.